The smallest absolute Gasteiger partial charge is 0.410 e. The zero-order chi connectivity index (χ0) is 23.8. The van der Waals surface area contributed by atoms with Crippen LogP contribution in [-0.4, -0.2) is 47.5 Å². The molecule has 2 aromatic rings. The molecule has 1 N–H and O–H groups in total. The number of likely N-dealkylation sites (N-methyl/N-ethyl adjacent to an activating group) is 1. The molecule has 2 atom stereocenters. The fourth-order valence-electron chi connectivity index (χ4n) is 5.37. The number of Topliss-reactive ketones (excluding diaryl/α,β-unsaturated/α-hetero) is 1. The summed E-state index contributed by atoms with van der Waals surface area (Å²) in [6.45, 7) is 4.35. The molecule has 0 aromatic heterocycles. The van der Waals surface area contributed by atoms with Crippen LogP contribution in [0.2, 0.25) is 0 Å². The summed E-state index contributed by atoms with van der Waals surface area (Å²) in [6, 6.07) is 15.1. The van der Waals surface area contributed by atoms with Crippen molar-refractivity contribution in [2.24, 2.45) is 11.3 Å². The van der Waals surface area contributed by atoms with Crippen LogP contribution in [0, 0.1) is 11.3 Å². The molecule has 6 nitrogen and oxygen atoms in total. The quantitative estimate of drug-likeness (QED) is 0.635. The Kier molecular flexibility index (Phi) is 6.28. The van der Waals surface area contributed by atoms with Crippen LogP contribution in [0.25, 0.3) is 11.1 Å². The molecule has 174 valence electrons. The number of carbonyl (C=O) groups excluding carboxylic acids is 2. The van der Waals surface area contributed by atoms with E-state index in [4.69, 9.17) is 4.74 Å². The lowest BCUT2D eigenvalue weighted by Gasteiger charge is -2.28. The van der Waals surface area contributed by atoms with Crippen molar-refractivity contribution in [2.45, 2.75) is 51.5 Å². The van der Waals surface area contributed by atoms with Crippen molar-refractivity contribution in [3.8, 4) is 11.1 Å². The predicted molar refractivity (Wildman–Crippen MR) is 125 cm³/mol. The molecule has 0 bridgehead atoms. The number of hydrogen-bond donors (Lipinski definition) is 1. The summed E-state index contributed by atoms with van der Waals surface area (Å²) in [5.41, 5.74) is 4.51. The van der Waals surface area contributed by atoms with Crippen molar-refractivity contribution in [3.63, 3.8) is 0 Å². The minimum atomic E-state index is -1.11. The van der Waals surface area contributed by atoms with Gasteiger partial charge in [0.15, 0.2) is 5.78 Å². The van der Waals surface area contributed by atoms with Gasteiger partial charge in [-0.1, -0.05) is 62.4 Å². The molecule has 0 radical (unpaired) electrons. The summed E-state index contributed by atoms with van der Waals surface area (Å²) < 4.78 is 5.66. The third-order valence-electron chi connectivity index (χ3n) is 7.16. The van der Waals surface area contributed by atoms with Gasteiger partial charge in [0.25, 0.3) is 0 Å². The van der Waals surface area contributed by atoms with Crippen LogP contribution in [0.1, 0.15) is 56.6 Å². The van der Waals surface area contributed by atoms with Crippen molar-refractivity contribution < 1.29 is 24.2 Å². The number of rotatable bonds is 7. The van der Waals surface area contributed by atoms with Crippen LogP contribution >= 0.6 is 0 Å². The first kappa shape index (κ1) is 23.0. The molecule has 2 aliphatic rings. The number of carboxylic acid groups (broad SMARTS) is 1. The van der Waals surface area contributed by atoms with Crippen molar-refractivity contribution in [2.75, 3.05) is 13.7 Å². The Morgan fingerprint density at radius 1 is 1.06 bits per heavy atom. The molecule has 0 spiro atoms. The lowest BCUT2D eigenvalue weighted by molar-refractivity contribution is -0.141. The maximum atomic E-state index is 13.2. The molecule has 6 heteroatoms. The van der Waals surface area contributed by atoms with Gasteiger partial charge in [-0.3, -0.25) is 9.59 Å². The average molecular weight is 450 g/mol. The molecule has 2 aliphatic carbocycles. The fourth-order valence-corrected chi connectivity index (χ4v) is 5.37. The highest BCUT2D eigenvalue weighted by molar-refractivity contribution is 5.92. The molecule has 0 aliphatic heterocycles. The summed E-state index contributed by atoms with van der Waals surface area (Å²) in [5.74, 6) is -1.62. The first-order valence-corrected chi connectivity index (χ1v) is 11.5. The molecule has 1 saturated carbocycles. The van der Waals surface area contributed by atoms with Gasteiger partial charge in [-0.25, -0.2) is 4.79 Å². The van der Waals surface area contributed by atoms with Crippen LogP contribution in [0.4, 0.5) is 4.79 Å². The molecule has 4 rings (SSSR count). The maximum absolute atomic E-state index is 13.2. The summed E-state index contributed by atoms with van der Waals surface area (Å²) >= 11 is 0. The third-order valence-corrected chi connectivity index (χ3v) is 7.16. The second-order valence-corrected chi connectivity index (χ2v) is 10.0. The maximum Gasteiger partial charge on any atom is 0.410 e. The Labute approximate surface area is 194 Å². The van der Waals surface area contributed by atoms with E-state index in [0.29, 0.717) is 6.42 Å². The van der Waals surface area contributed by atoms with Gasteiger partial charge in [0.05, 0.1) is 6.42 Å². The number of amides is 1. The number of aliphatic carboxylic acids is 1. The molecular formula is C27H31NO5. The molecule has 2 aromatic carbocycles. The number of nitrogens with zero attached hydrogens (tertiary/aromatic N) is 1. The number of fused-ring (bicyclic) bond motifs is 3. The zero-order valence-corrected chi connectivity index (χ0v) is 19.4. The molecule has 1 amide bonds. The zero-order valence-electron chi connectivity index (χ0n) is 19.4. The average Bonchev–Trinajstić information content (AvgIpc) is 3.32. The van der Waals surface area contributed by atoms with Crippen LogP contribution < -0.4 is 0 Å². The molecule has 0 heterocycles. The van der Waals surface area contributed by atoms with E-state index in [9.17, 15) is 19.5 Å². The van der Waals surface area contributed by atoms with Crippen molar-refractivity contribution >= 4 is 17.8 Å². The highest BCUT2D eigenvalue weighted by atomic mass is 16.6. The lowest BCUT2D eigenvalue weighted by atomic mass is 9.87. The standard InChI is InChI=1S/C27H31NO5/c1-27(2)13-12-17(15-27)25(31)23(14-24(29)30)28(3)26(32)33-16-22-20-10-6-4-8-18(20)19-9-5-7-11-21(19)22/h4-11,17,22-23H,12-16H2,1-3H3,(H,29,30)/t17?,23-/m0/s1. The van der Waals surface area contributed by atoms with E-state index in [1.165, 1.54) is 11.9 Å². The first-order valence-electron chi connectivity index (χ1n) is 11.5. The van der Waals surface area contributed by atoms with Crippen molar-refractivity contribution in [1.82, 2.24) is 4.90 Å². The van der Waals surface area contributed by atoms with Crippen molar-refractivity contribution in [3.05, 3.63) is 59.7 Å². The van der Waals surface area contributed by atoms with Gasteiger partial charge in [-0.2, -0.15) is 0 Å². The van der Waals surface area contributed by atoms with E-state index in [1.54, 1.807) is 0 Å². The first-order chi connectivity index (χ1) is 15.7. The Morgan fingerprint density at radius 2 is 1.64 bits per heavy atom. The van der Waals surface area contributed by atoms with Gasteiger partial charge >= 0.3 is 12.1 Å². The monoisotopic (exact) mass is 449 g/mol. The topological polar surface area (TPSA) is 83.9 Å². The number of benzene rings is 2. The highest BCUT2D eigenvalue weighted by Crippen LogP contribution is 2.45. The predicted octanol–water partition coefficient (Wildman–Crippen LogP) is 5.11. The van der Waals surface area contributed by atoms with Crippen LogP contribution in [-0.2, 0) is 14.3 Å². The summed E-state index contributed by atoms with van der Waals surface area (Å²) in [7, 11) is 1.46. The second-order valence-electron chi connectivity index (χ2n) is 10.0. The van der Waals surface area contributed by atoms with E-state index < -0.39 is 24.5 Å². The second kappa shape index (κ2) is 9.00. The SMILES string of the molecule is CN(C(=O)OCC1c2ccccc2-c2ccccc21)[C@@H](CC(=O)O)C(=O)C1CCC(C)(C)C1. The molecule has 1 fully saturated rings. The Balaban J connectivity index is 1.48. The van der Waals surface area contributed by atoms with Gasteiger partial charge < -0.3 is 14.7 Å². The highest BCUT2D eigenvalue weighted by Gasteiger charge is 2.41. The van der Waals surface area contributed by atoms with E-state index >= 15 is 0 Å². The Bertz CT molecular complexity index is 1030. The molecule has 1 unspecified atom stereocenters. The molecular weight excluding hydrogens is 418 g/mol. The van der Waals surface area contributed by atoms with E-state index in [2.05, 4.69) is 26.0 Å². The minimum Gasteiger partial charge on any atom is -0.481 e. The minimum absolute atomic E-state index is 0.0520. The number of carboxylic acids is 1. The lowest BCUT2D eigenvalue weighted by Crippen LogP contribution is -2.46. The Morgan fingerprint density at radius 3 is 2.15 bits per heavy atom. The van der Waals surface area contributed by atoms with E-state index in [-0.39, 0.29) is 29.6 Å². The van der Waals surface area contributed by atoms with Gasteiger partial charge in [0, 0.05) is 18.9 Å². The number of ketones is 1. The molecule has 33 heavy (non-hydrogen) atoms. The number of carbonyl (C=O) groups is 3. The van der Waals surface area contributed by atoms with E-state index in [0.717, 1.165) is 35.1 Å². The number of hydrogen-bond acceptors (Lipinski definition) is 4. The summed E-state index contributed by atoms with van der Waals surface area (Å²) in [5, 5.41) is 9.40. The van der Waals surface area contributed by atoms with Gasteiger partial charge in [0.1, 0.15) is 12.6 Å². The summed E-state index contributed by atoms with van der Waals surface area (Å²) in [4.78, 5) is 38.8. The van der Waals surface area contributed by atoms with Crippen molar-refractivity contribution in [1.29, 1.82) is 0 Å². The van der Waals surface area contributed by atoms with Gasteiger partial charge in [-0.15, -0.1) is 0 Å². The van der Waals surface area contributed by atoms with Gasteiger partial charge in [0.2, 0.25) is 0 Å². The van der Waals surface area contributed by atoms with Crippen LogP contribution in [0.3, 0.4) is 0 Å². The fraction of sp³-hybridized carbons (Fsp3) is 0.444. The largest absolute Gasteiger partial charge is 0.481 e. The third kappa shape index (κ3) is 4.65. The number of ether oxygens (including phenoxy) is 1. The van der Waals surface area contributed by atoms with E-state index in [1.807, 2.05) is 36.4 Å². The van der Waals surface area contributed by atoms with Crippen LogP contribution in [0.5, 0.6) is 0 Å². The molecule has 0 saturated heterocycles. The Hall–Kier alpha value is -3.15. The van der Waals surface area contributed by atoms with Gasteiger partial charge in [-0.05, 0) is 46.9 Å². The normalized spacial score (nSPS) is 19.4. The van der Waals surface area contributed by atoms with Crippen LogP contribution in [0.15, 0.2) is 48.5 Å². The summed E-state index contributed by atoms with van der Waals surface area (Å²) in [6.07, 6.45) is 1.25.